The topological polar surface area (TPSA) is 4.93 Å². The Bertz CT molecular complexity index is 1210. The highest BCUT2D eigenvalue weighted by molar-refractivity contribution is 6.10. The molecule has 1 nitrogen and oxygen atoms in total. The summed E-state index contributed by atoms with van der Waals surface area (Å²) < 4.78 is 2.37. The first-order chi connectivity index (χ1) is 12.8. The zero-order valence-corrected chi connectivity index (χ0v) is 14.7. The lowest BCUT2D eigenvalue weighted by atomic mass is 9.98. The average molecular weight is 333 g/mol. The van der Waals surface area contributed by atoms with Crippen LogP contribution in [0.5, 0.6) is 0 Å². The third-order valence-electron chi connectivity index (χ3n) is 5.12. The van der Waals surface area contributed by atoms with Gasteiger partial charge in [0.2, 0.25) is 0 Å². The number of hydrogen-bond donors (Lipinski definition) is 0. The van der Waals surface area contributed by atoms with Gasteiger partial charge in [0.15, 0.2) is 0 Å². The van der Waals surface area contributed by atoms with Crippen molar-refractivity contribution >= 4 is 21.8 Å². The van der Waals surface area contributed by atoms with E-state index in [1.807, 2.05) is 0 Å². The van der Waals surface area contributed by atoms with Crippen LogP contribution in [0.15, 0.2) is 97.1 Å². The summed E-state index contributed by atoms with van der Waals surface area (Å²) in [6.45, 7) is 2.20. The zero-order valence-electron chi connectivity index (χ0n) is 14.7. The van der Waals surface area contributed by atoms with E-state index in [2.05, 4.69) is 109 Å². The molecule has 0 saturated carbocycles. The number of aromatic nitrogens is 1. The quantitative estimate of drug-likeness (QED) is 0.336. The van der Waals surface area contributed by atoms with Crippen molar-refractivity contribution < 1.29 is 0 Å². The Hall–Kier alpha value is -3.32. The van der Waals surface area contributed by atoms with Crippen molar-refractivity contribution in [1.82, 2.24) is 4.57 Å². The molecule has 5 aromatic rings. The number of fused-ring (bicyclic) bond motifs is 3. The highest BCUT2D eigenvalue weighted by Crippen LogP contribution is 2.36. The molecule has 0 spiro atoms. The molecule has 26 heavy (non-hydrogen) atoms. The standard InChI is InChI=1S/C25H19N/c1-18-16-25-23(17-22(18)19-10-4-2-5-11-19)21-14-8-9-15-24(21)26(25)20-12-6-3-7-13-20/h2-17H,1H3. The lowest BCUT2D eigenvalue weighted by molar-refractivity contribution is 1.18. The minimum atomic E-state index is 1.20. The molecule has 0 radical (unpaired) electrons. The summed E-state index contributed by atoms with van der Waals surface area (Å²) in [6.07, 6.45) is 0. The predicted octanol–water partition coefficient (Wildman–Crippen LogP) is 6.76. The van der Waals surface area contributed by atoms with Gasteiger partial charge in [-0.05, 0) is 53.9 Å². The van der Waals surface area contributed by atoms with Gasteiger partial charge < -0.3 is 4.57 Å². The smallest absolute Gasteiger partial charge is 0.0544 e. The molecule has 5 rings (SSSR count). The van der Waals surface area contributed by atoms with E-state index in [4.69, 9.17) is 0 Å². The van der Waals surface area contributed by atoms with Gasteiger partial charge in [0, 0.05) is 16.5 Å². The van der Waals surface area contributed by atoms with E-state index in [9.17, 15) is 0 Å². The number of nitrogens with zero attached hydrogens (tertiary/aromatic N) is 1. The van der Waals surface area contributed by atoms with Gasteiger partial charge in [0.05, 0.1) is 11.0 Å². The molecule has 1 heterocycles. The number of aryl methyl sites for hydroxylation is 1. The van der Waals surface area contributed by atoms with E-state index in [-0.39, 0.29) is 0 Å². The van der Waals surface area contributed by atoms with Crippen LogP contribution in [-0.2, 0) is 0 Å². The number of rotatable bonds is 2. The first-order valence-electron chi connectivity index (χ1n) is 8.97. The monoisotopic (exact) mass is 333 g/mol. The van der Waals surface area contributed by atoms with Crippen molar-refractivity contribution in [2.75, 3.05) is 0 Å². The van der Waals surface area contributed by atoms with Crippen LogP contribution in [0.4, 0.5) is 0 Å². The first kappa shape index (κ1) is 15.0. The minimum Gasteiger partial charge on any atom is -0.309 e. The second-order valence-electron chi connectivity index (χ2n) is 6.74. The molecular formula is C25H19N. The van der Waals surface area contributed by atoms with Crippen LogP contribution in [0.2, 0.25) is 0 Å². The van der Waals surface area contributed by atoms with Gasteiger partial charge in [0.1, 0.15) is 0 Å². The van der Waals surface area contributed by atoms with E-state index in [1.165, 1.54) is 44.2 Å². The molecule has 1 heteroatoms. The molecule has 0 aliphatic heterocycles. The number of para-hydroxylation sites is 2. The SMILES string of the molecule is Cc1cc2c(cc1-c1ccccc1)c1ccccc1n2-c1ccccc1. The zero-order chi connectivity index (χ0) is 17.5. The Balaban J connectivity index is 1.90. The maximum absolute atomic E-state index is 2.37. The molecule has 0 N–H and O–H groups in total. The Labute approximate surface area is 153 Å². The molecule has 0 atom stereocenters. The molecule has 0 unspecified atom stereocenters. The molecular weight excluding hydrogens is 314 g/mol. The van der Waals surface area contributed by atoms with Crippen molar-refractivity contribution in [1.29, 1.82) is 0 Å². The maximum Gasteiger partial charge on any atom is 0.0544 e. The molecule has 0 fully saturated rings. The van der Waals surface area contributed by atoms with Crippen LogP contribution in [0.1, 0.15) is 5.56 Å². The highest BCUT2D eigenvalue weighted by Gasteiger charge is 2.14. The lowest BCUT2D eigenvalue weighted by Crippen LogP contribution is -1.93. The van der Waals surface area contributed by atoms with Gasteiger partial charge >= 0.3 is 0 Å². The Morgan fingerprint density at radius 3 is 2.00 bits per heavy atom. The molecule has 1 aromatic heterocycles. The van der Waals surface area contributed by atoms with Crippen LogP contribution in [0.3, 0.4) is 0 Å². The molecule has 0 saturated heterocycles. The third-order valence-corrected chi connectivity index (χ3v) is 5.12. The van der Waals surface area contributed by atoms with Crippen molar-refractivity contribution in [3.8, 4) is 16.8 Å². The summed E-state index contributed by atoms with van der Waals surface area (Å²) in [5, 5.41) is 2.59. The van der Waals surface area contributed by atoms with Crippen molar-refractivity contribution in [3.63, 3.8) is 0 Å². The largest absolute Gasteiger partial charge is 0.309 e. The lowest BCUT2D eigenvalue weighted by Gasteiger charge is -2.10. The predicted molar refractivity (Wildman–Crippen MR) is 111 cm³/mol. The van der Waals surface area contributed by atoms with E-state index in [0.29, 0.717) is 0 Å². The normalized spacial score (nSPS) is 11.3. The van der Waals surface area contributed by atoms with Crippen LogP contribution in [0.25, 0.3) is 38.6 Å². The summed E-state index contributed by atoms with van der Waals surface area (Å²) in [7, 11) is 0. The Kier molecular flexibility index (Phi) is 3.39. The molecule has 0 aliphatic rings. The summed E-state index contributed by atoms with van der Waals surface area (Å²) in [4.78, 5) is 0. The fraction of sp³-hybridized carbons (Fsp3) is 0.0400. The second kappa shape index (κ2) is 5.89. The van der Waals surface area contributed by atoms with Gasteiger partial charge in [-0.1, -0.05) is 66.7 Å². The molecule has 4 aromatic carbocycles. The molecule has 124 valence electrons. The van der Waals surface area contributed by atoms with Crippen molar-refractivity contribution in [2.45, 2.75) is 6.92 Å². The Morgan fingerprint density at radius 1 is 0.577 bits per heavy atom. The number of hydrogen-bond acceptors (Lipinski definition) is 0. The van der Waals surface area contributed by atoms with E-state index in [0.717, 1.165) is 0 Å². The van der Waals surface area contributed by atoms with E-state index < -0.39 is 0 Å². The summed E-state index contributed by atoms with van der Waals surface area (Å²) >= 11 is 0. The van der Waals surface area contributed by atoms with E-state index in [1.54, 1.807) is 0 Å². The highest BCUT2D eigenvalue weighted by atomic mass is 15.0. The second-order valence-corrected chi connectivity index (χ2v) is 6.74. The fourth-order valence-corrected chi connectivity index (χ4v) is 3.90. The van der Waals surface area contributed by atoms with E-state index >= 15 is 0 Å². The first-order valence-corrected chi connectivity index (χ1v) is 8.97. The minimum absolute atomic E-state index is 1.20. The summed E-state index contributed by atoms with van der Waals surface area (Å²) in [5.41, 5.74) is 7.57. The van der Waals surface area contributed by atoms with Crippen molar-refractivity contribution in [2.24, 2.45) is 0 Å². The van der Waals surface area contributed by atoms with Crippen LogP contribution < -0.4 is 0 Å². The van der Waals surface area contributed by atoms with Crippen molar-refractivity contribution in [3.05, 3.63) is 103 Å². The van der Waals surface area contributed by atoms with Crippen LogP contribution in [0, 0.1) is 6.92 Å². The summed E-state index contributed by atoms with van der Waals surface area (Å²) in [5.74, 6) is 0. The Morgan fingerprint density at radius 2 is 1.23 bits per heavy atom. The van der Waals surface area contributed by atoms with Gasteiger partial charge in [-0.2, -0.15) is 0 Å². The van der Waals surface area contributed by atoms with Crippen LogP contribution >= 0.6 is 0 Å². The van der Waals surface area contributed by atoms with Gasteiger partial charge in [-0.3, -0.25) is 0 Å². The number of benzene rings is 4. The third kappa shape index (κ3) is 2.25. The van der Waals surface area contributed by atoms with Crippen LogP contribution in [-0.4, -0.2) is 4.57 Å². The molecule has 0 bridgehead atoms. The van der Waals surface area contributed by atoms with Gasteiger partial charge in [-0.15, -0.1) is 0 Å². The molecule has 0 aliphatic carbocycles. The molecule has 0 amide bonds. The summed E-state index contributed by atoms with van der Waals surface area (Å²) in [6, 6.07) is 34.6. The maximum atomic E-state index is 2.37. The van der Waals surface area contributed by atoms with Gasteiger partial charge in [0.25, 0.3) is 0 Å². The van der Waals surface area contributed by atoms with Gasteiger partial charge in [-0.25, -0.2) is 0 Å². The average Bonchev–Trinajstić information content (AvgIpc) is 3.02. The fourth-order valence-electron chi connectivity index (χ4n) is 3.90.